The fraction of sp³-hybridized carbons (Fsp3) is 0.214. The first kappa shape index (κ1) is 12.1. The third-order valence-corrected chi connectivity index (χ3v) is 3.55. The molecule has 0 aliphatic carbocycles. The van der Waals surface area contributed by atoms with Crippen LogP contribution in [-0.4, -0.2) is 11.5 Å². The number of aromatic nitrogens is 1. The van der Waals surface area contributed by atoms with Gasteiger partial charge in [0.15, 0.2) is 0 Å². The minimum Gasteiger partial charge on any atom is -0.384 e. The molecule has 0 fully saturated rings. The van der Waals surface area contributed by atoms with E-state index in [1.54, 1.807) is 0 Å². The van der Waals surface area contributed by atoms with E-state index < -0.39 is 0 Å². The van der Waals surface area contributed by atoms with E-state index in [0.29, 0.717) is 0 Å². The van der Waals surface area contributed by atoms with Crippen LogP contribution in [0.25, 0.3) is 0 Å². The minimum absolute atomic E-state index is 0.897. The van der Waals surface area contributed by atoms with Gasteiger partial charge in [-0.15, -0.1) is 0 Å². The van der Waals surface area contributed by atoms with Gasteiger partial charge in [0, 0.05) is 35.0 Å². The Balaban J connectivity index is 1.93. The summed E-state index contributed by atoms with van der Waals surface area (Å²) in [7, 11) is 0. The lowest BCUT2D eigenvalue weighted by molar-refractivity contribution is 0.959. The molecule has 0 amide bonds. The van der Waals surface area contributed by atoms with Crippen LogP contribution in [0.5, 0.6) is 0 Å². The second kappa shape index (κ2) is 5.82. The zero-order valence-corrected chi connectivity index (χ0v) is 11.4. The van der Waals surface area contributed by atoms with Gasteiger partial charge < -0.3 is 5.32 Å². The zero-order valence-electron chi connectivity index (χ0n) is 9.78. The zero-order chi connectivity index (χ0) is 12.1. The predicted molar refractivity (Wildman–Crippen MR) is 75.3 cm³/mol. The average Bonchev–Trinajstić information content (AvgIpc) is 2.36. The summed E-state index contributed by atoms with van der Waals surface area (Å²) < 4.78 is 1.14. The summed E-state index contributed by atoms with van der Waals surface area (Å²) in [6.07, 6.45) is 2.77. The van der Waals surface area contributed by atoms with Gasteiger partial charge in [-0.25, -0.2) is 0 Å². The minimum atomic E-state index is 0.897. The smallest absolute Gasteiger partial charge is 0.0421 e. The van der Waals surface area contributed by atoms with Crippen molar-refractivity contribution >= 4 is 21.6 Å². The van der Waals surface area contributed by atoms with Crippen LogP contribution in [0.2, 0.25) is 0 Å². The quantitative estimate of drug-likeness (QED) is 0.926. The van der Waals surface area contributed by atoms with E-state index in [9.17, 15) is 0 Å². The van der Waals surface area contributed by atoms with E-state index >= 15 is 0 Å². The first-order valence-electron chi connectivity index (χ1n) is 5.66. The van der Waals surface area contributed by atoms with Crippen LogP contribution in [0.1, 0.15) is 11.3 Å². The lowest BCUT2D eigenvalue weighted by atomic mass is 10.2. The SMILES string of the molecule is Cc1c(Br)cccc1NCCc1ccccn1. The van der Waals surface area contributed by atoms with Crippen molar-refractivity contribution in [3.05, 3.63) is 58.3 Å². The van der Waals surface area contributed by atoms with Crippen LogP contribution in [0, 0.1) is 6.92 Å². The maximum atomic E-state index is 4.30. The van der Waals surface area contributed by atoms with E-state index in [-0.39, 0.29) is 0 Å². The van der Waals surface area contributed by atoms with Crippen molar-refractivity contribution in [1.82, 2.24) is 4.98 Å². The number of nitrogens with zero attached hydrogens (tertiary/aromatic N) is 1. The average molecular weight is 291 g/mol. The van der Waals surface area contributed by atoms with Crippen LogP contribution in [-0.2, 0) is 6.42 Å². The standard InChI is InChI=1S/C14H15BrN2/c1-11-13(15)6-4-7-14(11)17-10-8-12-5-2-3-9-16-12/h2-7,9,17H,8,10H2,1H3. The normalized spacial score (nSPS) is 10.2. The lowest BCUT2D eigenvalue weighted by Crippen LogP contribution is -2.07. The van der Waals surface area contributed by atoms with E-state index in [4.69, 9.17) is 0 Å². The van der Waals surface area contributed by atoms with Crippen molar-refractivity contribution in [2.75, 3.05) is 11.9 Å². The molecule has 0 atom stereocenters. The molecule has 0 saturated heterocycles. The molecule has 1 N–H and O–H groups in total. The number of rotatable bonds is 4. The van der Waals surface area contributed by atoms with Crippen molar-refractivity contribution in [2.24, 2.45) is 0 Å². The van der Waals surface area contributed by atoms with E-state index in [2.05, 4.69) is 51.4 Å². The number of hydrogen-bond donors (Lipinski definition) is 1. The van der Waals surface area contributed by atoms with Gasteiger partial charge in [-0.1, -0.05) is 28.1 Å². The molecule has 2 nitrogen and oxygen atoms in total. The summed E-state index contributed by atoms with van der Waals surface area (Å²) >= 11 is 3.53. The molecule has 0 bridgehead atoms. The van der Waals surface area contributed by atoms with Crippen LogP contribution in [0.4, 0.5) is 5.69 Å². The topological polar surface area (TPSA) is 24.9 Å². The molecule has 88 valence electrons. The number of benzene rings is 1. The third kappa shape index (κ3) is 3.30. The highest BCUT2D eigenvalue weighted by Gasteiger charge is 2.00. The van der Waals surface area contributed by atoms with Crippen LogP contribution in [0.3, 0.4) is 0 Å². The maximum absolute atomic E-state index is 4.30. The molecule has 0 spiro atoms. The van der Waals surface area contributed by atoms with Crippen molar-refractivity contribution in [2.45, 2.75) is 13.3 Å². The summed E-state index contributed by atoms with van der Waals surface area (Å²) in [4.78, 5) is 4.30. The fourth-order valence-electron chi connectivity index (χ4n) is 1.67. The molecular formula is C14H15BrN2. The Labute approximate surface area is 110 Å². The summed E-state index contributed by atoms with van der Waals surface area (Å²) in [6, 6.07) is 12.2. The van der Waals surface area contributed by atoms with Crippen LogP contribution >= 0.6 is 15.9 Å². The molecule has 0 unspecified atom stereocenters. The Morgan fingerprint density at radius 1 is 1.18 bits per heavy atom. The molecule has 2 rings (SSSR count). The third-order valence-electron chi connectivity index (χ3n) is 2.69. The molecule has 2 aromatic rings. The number of halogens is 1. The van der Waals surface area contributed by atoms with Crippen molar-refractivity contribution in [3.8, 4) is 0 Å². The number of nitrogens with one attached hydrogen (secondary N) is 1. The van der Waals surface area contributed by atoms with Crippen LogP contribution < -0.4 is 5.32 Å². The summed E-state index contributed by atoms with van der Waals surface area (Å²) in [5.41, 5.74) is 3.54. The Kier molecular flexibility index (Phi) is 4.15. The molecule has 1 heterocycles. The first-order valence-corrected chi connectivity index (χ1v) is 6.45. The van der Waals surface area contributed by atoms with Gasteiger partial charge in [0.1, 0.15) is 0 Å². The molecule has 3 heteroatoms. The molecule has 1 aromatic heterocycles. The van der Waals surface area contributed by atoms with E-state index in [0.717, 1.165) is 23.1 Å². The number of anilines is 1. The van der Waals surface area contributed by atoms with E-state index in [1.807, 2.05) is 24.4 Å². The van der Waals surface area contributed by atoms with E-state index in [1.165, 1.54) is 11.3 Å². The fourth-order valence-corrected chi connectivity index (χ4v) is 2.04. The number of hydrogen-bond acceptors (Lipinski definition) is 2. The van der Waals surface area contributed by atoms with Gasteiger partial charge in [-0.05, 0) is 36.8 Å². The largest absolute Gasteiger partial charge is 0.384 e. The highest BCUT2D eigenvalue weighted by atomic mass is 79.9. The second-order valence-corrected chi connectivity index (χ2v) is 4.76. The summed E-state index contributed by atoms with van der Waals surface area (Å²) in [6.45, 7) is 3.00. The molecule has 1 aromatic carbocycles. The maximum Gasteiger partial charge on any atom is 0.0421 e. The predicted octanol–water partition coefficient (Wildman–Crippen LogP) is 3.81. The Morgan fingerprint density at radius 3 is 2.82 bits per heavy atom. The Bertz CT molecular complexity index is 483. The molecule has 0 saturated carbocycles. The highest BCUT2D eigenvalue weighted by Crippen LogP contribution is 2.23. The first-order chi connectivity index (χ1) is 8.27. The van der Waals surface area contributed by atoms with Crippen molar-refractivity contribution in [3.63, 3.8) is 0 Å². The van der Waals surface area contributed by atoms with Gasteiger partial charge in [-0.2, -0.15) is 0 Å². The Morgan fingerprint density at radius 2 is 2.06 bits per heavy atom. The van der Waals surface area contributed by atoms with Gasteiger partial charge >= 0.3 is 0 Å². The summed E-state index contributed by atoms with van der Waals surface area (Å²) in [5, 5.41) is 3.43. The molecule has 0 radical (unpaired) electrons. The monoisotopic (exact) mass is 290 g/mol. The molecular weight excluding hydrogens is 276 g/mol. The van der Waals surface area contributed by atoms with Gasteiger partial charge in [-0.3, -0.25) is 4.98 Å². The second-order valence-electron chi connectivity index (χ2n) is 3.91. The number of pyridine rings is 1. The molecule has 0 aliphatic rings. The lowest BCUT2D eigenvalue weighted by Gasteiger charge is -2.10. The van der Waals surface area contributed by atoms with Gasteiger partial charge in [0.25, 0.3) is 0 Å². The van der Waals surface area contributed by atoms with Gasteiger partial charge in [0.2, 0.25) is 0 Å². The van der Waals surface area contributed by atoms with Crippen LogP contribution in [0.15, 0.2) is 47.1 Å². The van der Waals surface area contributed by atoms with Crippen molar-refractivity contribution in [1.29, 1.82) is 0 Å². The highest BCUT2D eigenvalue weighted by molar-refractivity contribution is 9.10. The van der Waals surface area contributed by atoms with Gasteiger partial charge in [0.05, 0.1) is 0 Å². The molecule has 0 aliphatic heterocycles. The van der Waals surface area contributed by atoms with Crippen molar-refractivity contribution < 1.29 is 0 Å². The Hall–Kier alpha value is -1.35. The summed E-state index contributed by atoms with van der Waals surface area (Å²) in [5.74, 6) is 0. The molecule has 17 heavy (non-hydrogen) atoms.